The van der Waals surface area contributed by atoms with Crippen LogP contribution in [0.1, 0.15) is 37.9 Å². The van der Waals surface area contributed by atoms with Crippen molar-refractivity contribution in [1.82, 2.24) is 4.90 Å². The van der Waals surface area contributed by atoms with E-state index in [1.54, 1.807) is 18.2 Å². The molecule has 0 aliphatic carbocycles. The number of benzene rings is 1. The van der Waals surface area contributed by atoms with E-state index < -0.39 is 23.7 Å². The van der Waals surface area contributed by atoms with Crippen LogP contribution in [0.2, 0.25) is 0 Å². The number of esters is 1. The molecule has 0 amide bonds. The van der Waals surface area contributed by atoms with Gasteiger partial charge in [0.15, 0.2) is 11.3 Å². The molecular weight excluding hydrogens is 352 g/mol. The second-order valence-corrected chi connectivity index (χ2v) is 7.64. The van der Waals surface area contributed by atoms with Crippen molar-refractivity contribution in [3.63, 3.8) is 0 Å². The normalized spacial score (nSPS) is 25.0. The summed E-state index contributed by atoms with van der Waals surface area (Å²) in [5.74, 6) is 0.996. The number of carbonyl (C=O) groups is 1. The van der Waals surface area contributed by atoms with Crippen molar-refractivity contribution in [3.8, 4) is 18.0 Å². The Morgan fingerprint density at radius 3 is 2.88 bits per heavy atom. The number of carbonyl (C=O) groups excluding carboxylic acids is 1. The van der Waals surface area contributed by atoms with E-state index in [2.05, 4.69) is 11.1 Å². The fraction of sp³-hybridized carbons (Fsp3) is 0.444. The number of fused-ring (bicyclic) bond motifs is 1. The number of rotatable bonds is 2. The molecule has 1 aromatic rings. The molecule has 1 aromatic carbocycles. The van der Waals surface area contributed by atoms with Crippen LogP contribution < -0.4 is 4.74 Å². The van der Waals surface area contributed by atoms with Gasteiger partial charge in [-0.1, -0.05) is 11.8 Å². The lowest BCUT2D eigenvalue weighted by atomic mass is 9.85. The van der Waals surface area contributed by atoms with Gasteiger partial charge < -0.3 is 14.4 Å². The molecular formula is C18H18N4O3S. The molecule has 1 saturated heterocycles. The topological polar surface area (TPSA) is 98.7 Å². The van der Waals surface area contributed by atoms with Crippen LogP contribution in [0.4, 0.5) is 0 Å². The molecule has 2 heterocycles. The van der Waals surface area contributed by atoms with Crippen LogP contribution in [0.15, 0.2) is 23.2 Å². The quantitative estimate of drug-likeness (QED) is 0.583. The van der Waals surface area contributed by atoms with Gasteiger partial charge in [0.25, 0.3) is 0 Å². The summed E-state index contributed by atoms with van der Waals surface area (Å²) in [5.41, 5.74) is 0.453. The van der Waals surface area contributed by atoms with E-state index in [1.807, 2.05) is 24.9 Å². The van der Waals surface area contributed by atoms with Gasteiger partial charge in [-0.05, 0) is 32.0 Å². The van der Waals surface area contributed by atoms with E-state index in [1.165, 1.54) is 18.7 Å². The van der Waals surface area contributed by atoms with E-state index in [4.69, 9.17) is 14.7 Å². The molecule has 1 fully saturated rings. The van der Waals surface area contributed by atoms with Crippen molar-refractivity contribution < 1.29 is 14.3 Å². The molecule has 2 aliphatic heterocycles. The molecule has 0 spiro atoms. The minimum atomic E-state index is -0.789. The molecule has 2 unspecified atom stereocenters. The summed E-state index contributed by atoms with van der Waals surface area (Å²) >= 11 is 1.48. The molecule has 2 aliphatic rings. The lowest BCUT2D eigenvalue weighted by Gasteiger charge is -2.47. The SMILES string of the molecule is CC(=O)OC1C(N2CCSC2=NC#N)c2cc(C#N)ccc2OC1(C)C. The van der Waals surface area contributed by atoms with E-state index in [-0.39, 0.29) is 0 Å². The maximum atomic E-state index is 11.8. The monoisotopic (exact) mass is 370 g/mol. The first-order valence-electron chi connectivity index (χ1n) is 8.14. The molecule has 0 bridgehead atoms. The molecule has 0 aromatic heterocycles. The third-order valence-corrected chi connectivity index (χ3v) is 5.36. The molecule has 26 heavy (non-hydrogen) atoms. The van der Waals surface area contributed by atoms with Crippen molar-refractivity contribution in [2.45, 2.75) is 38.5 Å². The summed E-state index contributed by atoms with van der Waals surface area (Å²) in [6, 6.07) is 6.94. The Labute approximate surface area is 156 Å². The van der Waals surface area contributed by atoms with Crippen LogP contribution in [0, 0.1) is 22.8 Å². The summed E-state index contributed by atoms with van der Waals surface area (Å²) in [7, 11) is 0. The van der Waals surface area contributed by atoms with Gasteiger partial charge >= 0.3 is 5.97 Å². The summed E-state index contributed by atoms with van der Waals surface area (Å²) < 4.78 is 11.7. The van der Waals surface area contributed by atoms with Gasteiger partial charge in [0, 0.05) is 24.8 Å². The number of nitrogens with zero attached hydrogens (tertiary/aromatic N) is 4. The number of ether oxygens (including phenoxy) is 2. The minimum Gasteiger partial charge on any atom is -0.484 e. The van der Waals surface area contributed by atoms with Crippen LogP contribution in [0.25, 0.3) is 0 Å². The van der Waals surface area contributed by atoms with E-state index in [0.29, 0.717) is 23.0 Å². The van der Waals surface area contributed by atoms with Gasteiger partial charge in [0.2, 0.25) is 6.19 Å². The lowest BCUT2D eigenvalue weighted by Crippen LogP contribution is -2.55. The highest BCUT2D eigenvalue weighted by atomic mass is 32.2. The molecule has 0 radical (unpaired) electrons. The van der Waals surface area contributed by atoms with Crippen LogP contribution >= 0.6 is 11.8 Å². The molecule has 2 atom stereocenters. The summed E-state index contributed by atoms with van der Waals surface area (Å²) in [6.07, 6.45) is 1.21. The van der Waals surface area contributed by atoms with Crippen LogP contribution in [-0.4, -0.2) is 40.0 Å². The predicted octanol–water partition coefficient (Wildman–Crippen LogP) is 2.59. The molecule has 3 rings (SSSR count). The van der Waals surface area contributed by atoms with Crippen molar-refractivity contribution in [1.29, 1.82) is 10.5 Å². The highest BCUT2D eigenvalue weighted by Gasteiger charge is 2.50. The zero-order chi connectivity index (χ0) is 18.9. The minimum absolute atomic E-state index is 0.395. The first-order valence-corrected chi connectivity index (χ1v) is 9.12. The van der Waals surface area contributed by atoms with Gasteiger partial charge in [-0.15, -0.1) is 4.99 Å². The van der Waals surface area contributed by atoms with Crippen LogP contribution in [0.3, 0.4) is 0 Å². The van der Waals surface area contributed by atoms with E-state index >= 15 is 0 Å². The number of hydrogen-bond donors (Lipinski definition) is 0. The fourth-order valence-electron chi connectivity index (χ4n) is 3.35. The smallest absolute Gasteiger partial charge is 0.303 e. The van der Waals surface area contributed by atoms with E-state index in [0.717, 1.165) is 11.3 Å². The Balaban J connectivity index is 2.17. The maximum absolute atomic E-state index is 11.8. The van der Waals surface area contributed by atoms with Crippen molar-refractivity contribution >= 4 is 22.9 Å². The second-order valence-electron chi connectivity index (χ2n) is 6.58. The molecule has 8 heteroatoms. The van der Waals surface area contributed by atoms with Gasteiger partial charge in [-0.3, -0.25) is 4.79 Å². The Kier molecular flexibility index (Phi) is 4.80. The number of nitriles is 2. The summed E-state index contributed by atoms with van der Waals surface area (Å²) in [4.78, 5) is 17.7. The third kappa shape index (κ3) is 3.21. The first-order chi connectivity index (χ1) is 12.4. The number of hydrogen-bond acceptors (Lipinski definition) is 7. The average Bonchev–Trinajstić information content (AvgIpc) is 3.03. The molecule has 134 valence electrons. The van der Waals surface area contributed by atoms with Crippen LogP contribution in [-0.2, 0) is 9.53 Å². The van der Waals surface area contributed by atoms with Crippen LogP contribution in [0.5, 0.6) is 5.75 Å². The zero-order valence-corrected chi connectivity index (χ0v) is 15.5. The maximum Gasteiger partial charge on any atom is 0.303 e. The Morgan fingerprint density at radius 2 is 2.23 bits per heavy atom. The van der Waals surface area contributed by atoms with Gasteiger partial charge in [-0.2, -0.15) is 10.5 Å². The second kappa shape index (κ2) is 6.89. The Morgan fingerprint density at radius 1 is 1.46 bits per heavy atom. The average molecular weight is 370 g/mol. The standard InChI is InChI=1S/C18H18N4O3S/c1-11(23)24-16-15(22-6-7-26-17(22)21-10-20)13-8-12(9-19)4-5-14(13)25-18(16,2)3/h4-5,8,15-16H,6-7H2,1-3H3. The largest absolute Gasteiger partial charge is 0.484 e. The Bertz CT molecular complexity index is 853. The number of thioether (sulfide) groups is 1. The van der Waals surface area contributed by atoms with Crippen molar-refractivity contribution in [2.75, 3.05) is 12.3 Å². The zero-order valence-electron chi connectivity index (χ0n) is 14.7. The molecule has 0 N–H and O–H groups in total. The molecule has 7 nitrogen and oxygen atoms in total. The highest BCUT2D eigenvalue weighted by Crippen LogP contribution is 2.46. The number of amidine groups is 1. The summed E-state index contributed by atoms with van der Waals surface area (Å²) in [6.45, 7) is 5.73. The Hall–Kier alpha value is -2.71. The predicted molar refractivity (Wildman–Crippen MR) is 96.4 cm³/mol. The van der Waals surface area contributed by atoms with Crippen molar-refractivity contribution in [2.24, 2.45) is 4.99 Å². The summed E-state index contributed by atoms with van der Waals surface area (Å²) in [5, 5.41) is 18.9. The first kappa shape index (κ1) is 18.1. The molecule has 0 saturated carbocycles. The third-order valence-electron chi connectivity index (χ3n) is 4.39. The van der Waals surface area contributed by atoms with Gasteiger partial charge in [0.1, 0.15) is 17.4 Å². The number of aliphatic imine (C=N–C) groups is 1. The van der Waals surface area contributed by atoms with Gasteiger partial charge in [0.05, 0.1) is 11.6 Å². The van der Waals surface area contributed by atoms with Gasteiger partial charge in [-0.25, -0.2) is 0 Å². The fourth-order valence-corrected chi connectivity index (χ4v) is 4.30. The van der Waals surface area contributed by atoms with E-state index in [9.17, 15) is 10.1 Å². The van der Waals surface area contributed by atoms with Crippen molar-refractivity contribution in [3.05, 3.63) is 29.3 Å². The lowest BCUT2D eigenvalue weighted by molar-refractivity contribution is -0.166. The highest BCUT2D eigenvalue weighted by molar-refractivity contribution is 8.14.